The largest absolute Gasteiger partial charge is 0.465 e. The van der Waals surface area contributed by atoms with E-state index in [-0.39, 0.29) is 18.6 Å². The smallest absolute Gasteiger partial charge is 0.338 e. The zero-order valence-electron chi connectivity index (χ0n) is 8.64. The Balaban J connectivity index is 2.91. The molecule has 1 unspecified atom stereocenters. The highest BCUT2D eigenvalue weighted by Crippen LogP contribution is 2.11. The van der Waals surface area contributed by atoms with E-state index < -0.39 is 0 Å². The number of hydrogen-bond acceptors (Lipinski definition) is 4. The monoisotopic (exact) mass is 209 g/mol. The summed E-state index contributed by atoms with van der Waals surface area (Å²) < 4.78 is 4.65. The van der Waals surface area contributed by atoms with Crippen molar-refractivity contribution in [1.29, 1.82) is 0 Å². The Kier molecular flexibility index (Phi) is 4.27. The summed E-state index contributed by atoms with van der Waals surface area (Å²) in [6, 6.07) is 6.73. The Bertz CT molecular complexity index is 338. The molecule has 0 bridgehead atoms. The second-order valence-electron chi connectivity index (χ2n) is 3.30. The Morgan fingerprint density at radius 1 is 1.53 bits per heavy atom. The van der Waals surface area contributed by atoms with Crippen molar-refractivity contribution in [1.82, 2.24) is 0 Å². The van der Waals surface area contributed by atoms with E-state index in [9.17, 15) is 4.79 Å². The van der Waals surface area contributed by atoms with E-state index in [1.807, 2.05) is 12.1 Å². The summed E-state index contributed by atoms with van der Waals surface area (Å²) in [6.45, 7) is -0.102. The number of aliphatic hydroxyl groups excluding tert-OH is 1. The van der Waals surface area contributed by atoms with Crippen molar-refractivity contribution in [3.05, 3.63) is 35.4 Å². The molecule has 0 heterocycles. The number of benzene rings is 1. The predicted molar refractivity (Wildman–Crippen MR) is 56.5 cm³/mol. The minimum Gasteiger partial charge on any atom is -0.465 e. The van der Waals surface area contributed by atoms with Crippen LogP contribution in [-0.4, -0.2) is 30.8 Å². The quantitative estimate of drug-likeness (QED) is 0.701. The first-order valence-corrected chi connectivity index (χ1v) is 4.71. The molecule has 4 nitrogen and oxygen atoms in total. The predicted octanol–water partition coefficient (Wildman–Crippen LogP) is 0.335. The van der Waals surface area contributed by atoms with Gasteiger partial charge in [0, 0.05) is 6.04 Å². The number of carbonyl (C=O) groups excluding carboxylic acids is 1. The zero-order valence-corrected chi connectivity index (χ0v) is 8.64. The van der Waals surface area contributed by atoms with Gasteiger partial charge in [-0.15, -0.1) is 0 Å². The molecule has 0 aliphatic carbocycles. The average Bonchev–Trinajstić information content (AvgIpc) is 2.28. The van der Waals surface area contributed by atoms with Crippen LogP contribution >= 0.6 is 0 Å². The summed E-state index contributed by atoms with van der Waals surface area (Å²) in [7, 11) is 1.34. The number of rotatable bonds is 4. The van der Waals surface area contributed by atoms with Crippen molar-refractivity contribution < 1.29 is 14.6 Å². The van der Waals surface area contributed by atoms with Crippen LogP contribution in [0, 0.1) is 0 Å². The SMILES string of the molecule is COC(=O)c1ccccc1CC(N)CO. The molecule has 3 N–H and O–H groups in total. The van der Waals surface area contributed by atoms with Crippen LogP contribution in [-0.2, 0) is 11.2 Å². The van der Waals surface area contributed by atoms with Gasteiger partial charge in [0.05, 0.1) is 19.3 Å². The van der Waals surface area contributed by atoms with Gasteiger partial charge in [-0.1, -0.05) is 18.2 Å². The molecular formula is C11H15NO3. The first kappa shape index (κ1) is 11.7. The van der Waals surface area contributed by atoms with Crippen LogP contribution in [0.2, 0.25) is 0 Å². The summed E-state index contributed by atoms with van der Waals surface area (Å²) in [5.74, 6) is -0.379. The average molecular weight is 209 g/mol. The molecule has 4 heteroatoms. The minimum atomic E-state index is -0.379. The molecule has 1 aromatic rings. The second-order valence-corrected chi connectivity index (χ2v) is 3.30. The van der Waals surface area contributed by atoms with E-state index in [1.165, 1.54) is 7.11 Å². The summed E-state index contributed by atoms with van der Waals surface area (Å²) in [5, 5.41) is 8.84. The van der Waals surface area contributed by atoms with Crippen LogP contribution in [0.5, 0.6) is 0 Å². The molecule has 0 saturated carbocycles. The molecule has 15 heavy (non-hydrogen) atoms. The highest BCUT2D eigenvalue weighted by Gasteiger charge is 2.12. The van der Waals surface area contributed by atoms with Gasteiger partial charge >= 0.3 is 5.97 Å². The maximum Gasteiger partial charge on any atom is 0.338 e. The lowest BCUT2D eigenvalue weighted by molar-refractivity contribution is 0.0599. The van der Waals surface area contributed by atoms with Crippen LogP contribution in [0.4, 0.5) is 0 Å². The van der Waals surface area contributed by atoms with E-state index in [0.29, 0.717) is 12.0 Å². The molecule has 0 aliphatic heterocycles. The summed E-state index contributed by atoms with van der Waals surface area (Å²) in [6.07, 6.45) is 0.460. The van der Waals surface area contributed by atoms with Crippen molar-refractivity contribution in [2.45, 2.75) is 12.5 Å². The highest BCUT2D eigenvalue weighted by atomic mass is 16.5. The lowest BCUT2D eigenvalue weighted by atomic mass is 10.0. The van der Waals surface area contributed by atoms with Crippen molar-refractivity contribution in [2.75, 3.05) is 13.7 Å². The van der Waals surface area contributed by atoms with Crippen molar-refractivity contribution >= 4 is 5.97 Å². The van der Waals surface area contributed by atoms with E-state index in [0.717, 1.165) is 5.56 Å². The van der Waals surface area contributed by atoms with Gasteiger partial charge in [-0.25, -0.2) is 4.79 Å². The van der Waals surface area contributed by atoms with Crippen LogP contribution in [0.1, 0.15) is 15.9 Å². The first-order chi connectivity index (χ1) is 7.19. The number of aliphatic hydroxyl groups is 1. The van der Waals surface area contributed by atoms with Crippen LogP contribution in [0.15, 0.2) is 24.3 Å². The Labute approximate surface area is 88.7 Å². The maximum absolute atomic E-state index is 11.4. The Hall–Kier alpha value is -1.39. The Morgan fingerprint density at radius 2 is 2.20 bits per heavy atom. The van der Waals surface area contributed by atoms with Crippen LogP contribution in [0.3, 0.4) is 0 Å². The van der Waals surface area contributed by atoms with Gasteiger partial charge in [-0.05, 0) is 18.1 Å². The lowest BCUT2D eigenvalue weighted by Gasteiger charge is -2.11. The molecule has 0 amide bonds. The van der Waals surface area contributed by atoms with Gasteiger partial charge in [0.25, 0.3) is 0 Å². The third-order valence-corrected chi connectivity index (χ3v) is 2.14. The molecule has 0 spiro atoms. The van der Waals surface area contributed by atoms with E-state index >= 15 is 0 Å². The highest BCUT2D eigenvalue weighted by molar-refractivity contribution is 5.90. The molecule has 0 aromatic heterocycles. The van der Waals surface area contributed by atoms with Gasteiger partial charge in [0.2, 0.25) is 0 Å². The molecule has 1 atom stereocenters. The lowest BCUT2D eigenvalue weighted by Crippen LogP contribution is -2.27. The standard InChI is InChI=1S/C11H15NO3/c1-15-11(14)10-5-3-2-4-8(10)6-9(12)7-13/h2-5,9,13H,6-7,12H2,1H3. The molecule has 1 rings (SSSR count). The van der Waals surface area contributed by atoms with Gasteiger partial charge in [0.15, 0.2) is 0 Å². The number of methoxy groups -OCH3 is 1. The third-order valence-electron chi connectivity index (χ3n) is 2.14. The summed E-state index contributed by atoms with van der Waals surface area (Å²) >= 11 is 0. The number of ether oxygens (including phenoxy) is 1. The first-order valence-electron chi connectivity index (χ1n) is 4.71. The van der Waals surface area contributed by atoms with Gasteiger partial charge in [-0.2, -0.15) is 0 Å². The number of carbonyl (C=O) groups is 1. The molecule has 1 aromatic carbocycles. The molecule has 0 saturated heterocycles. The van der Waals surface area contributed by atoms with Gasteiger partial charge in [-0.3, -0.25) is 0 Å². The summed E-state index contributed by atoms with van der Waals surface area (Å²) in [5.41, 5.74) is 6.91. The van der Waals surface area contributed by atoms with Crippen molar-refractivity contribution in [3.8, 4) is 0 Å². The number of nitrogens with two attached hydrogens (primary N) is 1. The van der Waals surface area contributed by atoms with Gasteiger partial charge < -0.3 is 15.6 Å². The number of hydrogen-bond donors (Lipinski definition) is 2. The van der Waals surface area contributed by atoms with E-state index in [1.54, 1.807) is 12.1 Å². The molecule has 0 fully saturated rings. The minimum absolute atomic E-state index is 0.102. The molecule has 0 radical (unpaired) electrons. The van der Waals surface area contributed by atoms with Crippen LogP contribution < -0.4 is 5.73 Å². The fraction of sp³-hybridized carbons (Fsp3) is 0.364. The second kappa shape index (κ2) is 5.48. The summed E-state index contributed by atoms with van der Waals surface area (Å²) in [4.78, 5) is 11.4. The third kappa shape index (κ3) is 3.04. The van der Waals surface area contributed by atoms with Gasteiger partial charge in [0.1, 0.15) is 0 Å². The Morgan fingerprint density at radius 3 is 2.80 bits per heavy atom. The normalized spacial score (nSPS) is 12.2. The topological polar surface area (TPSA) is 72.5 Å². The zero-order chi connectivity index (χ0) is 11.3. The molecule has 0 aliphatic rings. The fourth-order valence-electron chi connectivity index (χ4n) is 1.35. The van der Waals surface area contributed by atoms with Crippen molar-refractivity contribution in [3.63, 3.8) is 0 Å². The van der Waals surface area contributed by atoms with E-state index in [4.69, 9.17) is 10.8 Å². The molecule has 82 valence electrons. The van der Waals surface area contributed by atoms with Crippen LogP contribution in [0.25, 0.3) is 0 Å². The van der Waals surface area contributed by atoms with Crippen molar-refractivity contribution in [2.24, 2.45) is 5.73 Å². The fourth-order valence-corrected chi connectivity index (χ4v) is 1.35. The molecular weight excluding hydrogens is 194 g/mol. The van der Waals surface area contributed by atoms with E-state index in [2.05, 4.69) is 4.74 Å². The number of esters is 1. The maximum atomic E-state index is 11.4.